The fraction of sp³-hybridized carbons (Fsp3) is 0.429. The second kappa shape index (κ2) is 5.40. The monoisotopic (exact) mass is 271 g/mol. The van der Waals surface area contributed by atoms with Crippen molar-refractivity contribution in [2.45, 2.75) is 25.8 Å². The predicted octanol–water partition coefficient (Wildman–Crippen LogP) is 1.45. The minimum absolute atomic E-state index is 0.214. The van der Waals surface area contributed by atoms with Crippen molar-refractivity contribution in [2.24, 2.45) is 0 Å². The Morgan fingerprint density at radius 1 is 1.40 bits per heavy atom. The van der Waals surface area contributed by atoms with Crippen LogP contribution in [-0.2, 0) is 4.79 Å². The van der Waals surface area contributed by atoms with Crippen LogP contribution in [0, 0.1) is 0 Å². The summed E-state index contributed by atoms with van der Waals surface area (Å²) < 4.78 is 0. The second-order valence-corrected chi connectivity index (χ2v) is 4.92. The van der Waals surface area contributed by atoms with E-state index in [1.54, 1.807) is 12.4 Å². The molecule has 2 aromatic rings. The smallest absolute Gasteiger partial charge is 0.222 e. The molecule has 1 aliphatic heterocycles. The van der Waals surface area contributed by atoms with Gasteiger partial charge in [-0.05, 0) is 18.6 Å². The molecule has 1 saturated heterocycles. The number of carbonyl (C=O) groups is 1. The molecule has 0 spiro atoms. The lowest BCUT2D eigenvalue weighted by Crippen LogP contribution is -2.31. The average Bonchev–Trinajstić information content (AvgIpc) is 2.95. The highest BCUT2D eigenvalue weighted by Crippen LogP contribution is 2.16. The van der Waals surface area contributed by atoms with E-state index in [-0.39, 0.29) is 11.9 Å². The first-order valence-corrected chi connectivity index (χ1v) is 6.88. The van der Waals surface area contributed by atoms with Gasteiger partial charge in [-0.25, -0.2) is 9.97 Å². The first kappa shape index (κ1) is 12.8. The second-order valence-electron chi connectivity index (χ2n) is 4.92. The Hall–Kier alpha value is -2.24. The topological polar surface area (TPSA) is 71.0 Å². The minimum atomic E-state index is 0.214. The number of anilines is 1. The van der Waals surface area contributed by atoms with Gasteiger partial charge in [0.2, 0.25) is 5.91 Å². The number of rotatable bonds is 3. The summed E-state index contributed by atoms with van der Waals surface area (Å²) in [6.45, 7) is 3.46. The van der Waals surface area contributed by atoms with Crippen molar-refractivity contribution in [1.82, 2.24) is 19.9 Å². The molecular weight excluding hydrogens is 254 g/mol. The summed E-state index contributed by atoms with van der Waals surface area (Å²) >= 11 is 0. The van der Waals surface area contributed by atoms with E-state index < -0.39 is 0 Å². The molecule has 1 unspecified atom stereocenters. The maximum atomic E-state index is 11.7. The highest BCUT2D eigenvalue weighted by atomic mass is 16.2. The third-order valence-corrected chi connectivity index (χ3v) is 3.53. The summed E-state index contributed by atoms with van der Waals surface area (Å²) in [7, 11) is 0. The van der Waals surface area contributed by atoms with Gasteiger partial charge in [-0.1, -0.05) is 6.92 Å². The van der Waals surface area contributed by atoms with Crippen LogP contribution in [0.2, 0.25) is 0 Å². The molecule has 104 valence electrons. The molecule has 20 heavy (non-hydrogen) atoms. The van der Waals surface area contributed by atoms with Gasteiger partial charge in [-0.2, -0.15) is 0 Å². The number of nitrogens with zero attached hydrogens (tertiary/aromatic N) is 4. The van der Waals surface area contributed by atoms with E-state index >= 15 is 0 Å². The van der Waals surface area contributed by atoms with Crippen molar-refractivity contribution in [3.63, 3.8) is 0 Å². The van der Waals surface area contributed by atoms with Gasteiger partial charge in [0.25, 0.3) is 0 Å². The van der Waals surface area contributed by atoms with E-state index in [2.05, 4.69) is 20.3 Å². The molecule has 0 bridgehead atoms. The number of hydrogen-bond acceptors (Lipinski definition) is 5. The Bertz CT molecular complexity index is 630. The normalized spacial score (nSPS) is 18.4. The lowest BCUT2D eigenvalue weighted by atomic mass is 10.2. The van der Waals surface area contributed by atoms with Crippen LogP contribution < -0.4 is 5.32 Å². The number of pyridine rings is 1. The van der Waals surface area contributed by atoms with Crippen molar-refractivity contribution in [3.8, 4) is 0 Å². The van der Waals surface area contributed by atoms with E-state index in [0.717, 1.165) is 30.8 Å². The van der Waals surface area contributed by atoms with Crippen LogP contribution in [0.3, 0.4) is 0 Å². The molecule has 2 aromatic heterocycles. The lowest BCUT2D eigenvalue weighted by molar-refractivity contribution is -0.129. The molecule has 0 aliphatic carbocycles. The van der Waals surface area contributed by atoms with Crippen molar-refractivity contribution in [1.29, 1.82) is 0 Å². The van der Waals surface area contributed by atoms with Crippen molar-refractivity contribution < 1.29 is 4.79 Å². The van der Waals surface area contributed by atoms with Gasteiger partial charge in [0.1, 0.15) is 11.3 Å². The molecule has 3 rings (SSSR count). The molecule has 1 fully saturated rings. The Morgan fingerprint density at radius 2 is 2.25 bits per heavy atom. The standard InChI is InChI=1S/C14H17N5O/c1-2-13(20)19-8-5-10(9-19)17-12-4-3-11-14(18-12)16-7-6-15-11/h3-4,6-7,10H,2,5,8-9H2,1H3,(H,16,17,18). The van der Waals surface area contributed by atoms with Gasteiger partial charge >= 0.3 is 0 Å². The van der Waals surface area contributed by atoms with Gasteiger partial charge < -0.3 is 10.2 Å². The molecule has 1 atom stereocenters. The van der Waals surface area contributed by atoms with Crippen molar-refractivity contribution >= 4 is 22.9 Å². The zero-order valence-electron chi connectivity index (χ0n) is 11.4. The van der Waals surface area contributed by atoms with E-state index in [1.165, 1.54) is 0 Å². The fourth-order valence-electron chi connectivity index (χ4n) is 2.47. The van der Waals surface area contributed by atoms with Crippen LogP contribution in [0.4, 0.5) is 5.82 Å². The van der Waals surface area contributed by atoms with Gasteiger partial charge in [0.15, 0.2) is 5.65 Å². The Labute approximate surface area is 117 Å². The first-order chi connectivity index (χ1) is 9.76. The summed E-state index contributed by atoms with van der Waals surface area (Å²) in [6.07, 6.45) is 4.81. The summed E-state index contributed by atoms with van der Waals surface area (Å²) in [5, 5.41) is 3.37. The lowest BCUT2D eigenvalue weighted by Gasteiger charge is -2.16. The number of nitrogens with one attached hydrogen (secondary N) is 1. The maximum Gasteiger partial charge on any atom is 0.222 e. The Kier molecular flexibility index (Phi) is 3.45. The summed E-state index contributed by atoms with van der Waals surface area (Å²) in [6, 6.07) is 4.07. The van der Waals surface area contributed by atoms with E-state index in [4.69, 9.17) is 0 Å². The molecule has 0 saturated carbocycles. The molecule has 6 nitrogen and oxygen atoms in total. The predicted molar refractivity (Wildman–Crippen MR) is 76.2 cm³/mol. The van der Waals surface area contributed by atoms with Crippen LogP contribution >= 0.6 is 0 Å². The van der Waals surface area contributed by atoms with Crippen LogP contribution in [0.5, 0.6) is 0 Å². The van der Waals surface area contributed by atoms with E-state index in [9.17, 15) is 4.79 Å². The van der Waals surface area contributed by atoms with Crippen LogP contribution in [0.25, 0.3) is 11.2 Å². The third-order valence-electron chi connectivity index (χ3n) is 3.53. The fourth-order valence-corrected chi connectivity index (χ4v) is 2.47. The number of carbonyl (C=O) groups excluding carboxylic acids is 1. The number of likely N-dealkylation sites (tertiary alicyclic amines) is 1. The number of aromatic nitrogens is 3. The zero-order chi connectivity index (χ0) is 13.9. The van der Waals surface area contributed by atoms with Gasteiger partial charge in [0.05, 0.1) is 0 Å². The van der Waals surface area contributed by atoms with Crippen LogP contribution in [-0.4, -0.2) is 44.9 Å². The summed E-state index contributed by atoms with van der Waals surface area (Å²) in [4.78, 5) is 26.4. The molecule has 1 amide bonds. The van der Waals surface area contributed by atoms with Crippen LogP contribution in [0.1, 0.15) is 19.8 Å². The Morgan fingerprint density at radius 3 is 3.10 bits per heavy atom. The number of hydrogen-bond donors (Lipinski definition) is 1. The molecule has 1 aliphatic rings. The Balaban J connectivity index is 1.69. The summed E-state index contributed by atoms with van der Waals surface area (Å²) in [5.74, 6) is 1.00. The highest BCUT2D eigenvalue weighted by molar-refractivity contribution is 5.76. The first-order valence-electron chi connectivity index (χ1n) is 6.88. The summed E-state index contributed by atoms with van der Waals surface area (Å²) in [5.41, 5.74) is 1.42. The van der Waals surface area contributed by atoms with Gasteiger partial charge in [-0.3, -0.25) is 9.78 Å². The van der Waals surface area contributed by atoms with E-state index in [0.29, 0.717) is 12.1 Å². The number of fused-ring (bicyclic) bond motifs is 1. The number of amides is 1. The molecule has 6 heteroatoms. The highest BCUT2D eigenvalue weighted by Gasteiger charge is 2.25. The molecular formula is C14H17N5O. The van der Waals surface area contributed by atoms with Crippen LogP contribution in [0.15, 0.2) is 24.5 Å². The third kappa shape index (κ3) is 2.54. The van der Waals surface area contributed by atoms with E-state index in [1.807, 2.05) is 24.0 Å². The molecule has 0 aromatic carbocycles. The van der Waals surface area contributed by atoms with Gasteiger partial charge in [0, 0.05) is 37.9 Å². The largest absolute Gasteiger partial charge is 0.365 e. The van der Waals surface area contributed by atoms with Crippen molar-refractivity contribution in [3.05, 3.63) is 24.5 Å². The SMILES string of the molecule is CCC(=O)N1CCC(Nc2ccc3nccnc3n2)C1. The maximum absolute atomic E-state index is 11.7. The van der Waals surface area contributed by atoms with Crippen molar-refractivity contribution in [2.75, 3.05) is 18.4 Å². The molecule has 1 N–H and O–H groups in total. The molecule has 3 heterocycles. The quantitative estimate of drug-likeness (QED) is 0.914. The zero-order valence-corrected chi connectivity index (χ0v) is 11.4. The average molecular weight is 271 g/mol. The molecule has 0 radical (unpaired) electrons. The minimum Gasteiger partial charge on any atom is -0.365 e. The van der Waals surface area contributed by atoms with Gasteiger partial charge in [-0.15, -0.1) is 0 Å².